The van der Waals surface area contributed by atoms with Crippen LogP contribution in [0.1, 0.15) is 16.8 Å². The number of carbonyl (C=O) groups is 1. The molecule has 2 aromatic heterocycles. The summed E-state index contributed by atoms with van der Waals surface area (Å²) in [6.07, 6.45) is 3.09. The molecular weight excluding hydrogens is 479 g/mol. The molecule has 4 rings (SSSR count). The Labute approximate surface area is 205 Å². The number of nitrogens with one attached hydrogen (secondary N) is 1. The number of hydrogen-bond acceptors (Lipinski definition) is 5. The lowest BCUT2D eigenvalue weighted by molar-refractivity contribution is -0.111. The van der Waals surface area contributed by atoms with E-state index in [1.54, 1.807) is 17.9 Å². The third-order valence-corrected chi connectivity index (χ3v) is 6.28. The molecule has 0 atom stereocenters. The topological polar surface area (TPSA) is 69.0 Å². The Morgan fingerprint density at radius 2 is 1.88 bits per heavy atom. The summed E-state index contributed by atoms with van der Waals surface area (Å²) in [5.41, 5.74) is 4.17. The van der Waals surface area contributed by atoms with Gasteiger partial charge in [-0.15, -0.1) is 11.3 Å². The van der Waals surface area contributed by atoms with Crippen molar-refractivity contribution in [2.45, 2.75) is 13.5 Å². The predicted molar refractivity (Wildman–Crippen MR) is 134 cm³/mol. The van der Waals surface area contributed by atoms with E-state index in [1.165, 1.54) is 17.4 Å². The van der Waals surface area contributed by atoms with Crippen molar-refractivity contribution in [1.82, 2.24) is 14.8 Å². The number of aryl methyl sites for hydroxylation is 1. The molecule has 0 aliphatic carbocycles. The van der Waals surface area contributed by atoms with E-state index in [0.29, 0.717) is 27.4 Å². The molecule has 2 heterocycles. The fourth-order valence-corrected chi connectivity index (χ4v) is 4.30. The van der Waals surface area contributed by atoms with Crippen LogP contribution in [0.2, 0.25) is 10.2 Å². The van der Waals surface area contributed by atoms with Gasteiger partial charge in [0.25, 0.3) is 0 Å². The van der Waals surface area contributed by atoms with Crippen molar-refractivity contribution in [3.05, 3.63) is 87.0 Å². The highest BCUT2D eigenvalue weighted by molar-refractivity contribution is 7.14. The van der Waals surface area contributed by atoms with Crippen LogP contribution in [-0.2, 0) is 11.3 Å². The van der Waals surface area contributed by atoms with Crippen LogP contribution in [0.3, 0.4) is 0 Å². The summed E-state index contributed by atoms with van der Waals surface area (Å²) in [6, 6.07) is 15.1. The molecule has 0 fully saturated rings. The molecule has 0 saturated carbocycles. The van der Waals surface area contributed by atoms with Gasteiger partial charge in [0.05, 0.1) is 25.0 Å². The Hall–Kier alpha value is -3.13. The number of rotatable bonds is 7. The number of amides is 1. The largest absolute Gasteiger partial charge is 0.497 e. The summed E-state index contributed by atoms with van der Waals surface area (Å²) in [5.74, 6) is 0.477. The van der Waals surface area contributed by atoms with E-state index < -0.39 is 0 Å². The minimum absolute atomic E-state index is 0.299. The first-order valence-corrected chi connectivity index (χ1v) is 11.6. The fraction of sp³-hybridized carbons (Fsp3) is 0.125. The maximum Gasteiger partial charge on any atom is 0.250 e. The van der Waals surface area contributed by atoms with Crippen molar-refractivity contribution >= 4 is 51.7 Å². The van der Waals surface area contributed by atoms with Gasteiger partial charge in [-0.2, -0.15) is 5.10 Å². The van der Waals surface area contributed by atoms with E-state index in [0.717, 1.165) is 28.3 Å². The van der Waals surface area contributed by atoms with Gasteiger partial charge in [-0.1, -0.05) is 35.3 Å². The quantitative estimate of drug-likeness (QED) is 0.302. The standard InChI is InChI=1S/C24H20Cl2N4O2S/c1-15-20(23(26)30(29-15)13-16-3-7-18(25)8-4-16)11-12-22(31)28-24-27-21(14-33-24)17-5-9-19(32-2)10-6-17/h3-12,14H,13H2,1-2H3,(H,27,28,31)/b12-11+. The zero-order valence-electron chi connectivity index (χ0n) is 17.9. The van der Waals surface area contributed by atoms with Crippen LogP contribution in [0.5, 0.6) is 5.75 Å². The predicted octanol–water partition coefficient (Wildman–Crippen LogP) is 6.33. The zero-order chi connectivity index (χ0) is 23.4. The Bertz CT molecular complexity index is 1300. The average Bonchev–Trinajstić information content (AvgIpc) is 3.38. The molecule has 0 aliphatic rings. The third-order valence-electron chi connectivity index (χ3n) is 4.88. The molecule has 0 saturated heterocycles. The van der Waals surface area contributed by atoms with E-state index >= 15 is 0 Å². The summed E-state index contributed by atoms with van der Waals surface area (Å²) in [4.78, 5) is 16.9. The Morgan fingerprint density at radius 3 is 2.58 bits per heavy atom. The maximum absolute atomic E-state index is 12.4. The summed E-state index contributed by atoms with van der Waals surface area (Å²) in [5, 5.41) is 10.8. The molecule has 0 radical (unpaired) electrons. The van der Waals surface area contributed by atoms with Gasteiger partial charge < -0.3 is 4.74 Å². The molecule has 0 unspecified atom stereocenters. The number of benzene rings is 2. The Morgan fingerprint density at radius 1 is 1.15 bits per heavy atom. The second-order valence-electron chi connectivity index (χ2n) is 7.16. The van der Waals surface area contributed by atoms with Gasteiger partial charge in [0, 0.05) is 27.6 Å². The number of methoxy groups -OCH3 is 1. The van der Waals surface area contributed by atoms with Crippen LogP contribution >= 0.6 is 34.5 Å². The number of halogens is 2. The van der Waals surface area contributed by atoms with Crippen molar-refractivity contribution in [3.63, 3.8) is 0 Å². The van der Waals surface area contributed by atoms with Crippen molar-refractivity contribution in [3.8, 4) is 17.0 Å². The highest BCUT2D eigenvalue weighted by Crippen LogP contribution is 2.27. The fourth-order valence-electron chi connectivity index (χ4n) is 3.16. The van der Waals surface area contributed by atoms with E-state index in [-0.39, 0.29) is 5.91 Å². The normalized spacial score (nSPS) is 11.2. The average molecular weight is 499 g/mol. The lowest BCUT2D eigenvalue weighted by Crippen LogP contribution is -2.07. The zero-order valence-corrected chi connectivity index (χ0v) is 20.2. The first-order valence-electron chi connectivity index (χ1n) is 9.99. The molecule has 6 nitrogen and oxygen atoms in total. The van der Waals surface area contributed by atoms with Crippen LogP contribution in [0, 0.1) is 6.92 Å². The molecule has 0 bridgehead atoms. The van der Waals surface area contributed by atoms with Gasteiger partial charge in [-0.25, -0.2) is 9.67 Å². The second kappa shape index (κ2) is 10.2. The third kappa shape index (κ3) is 5.63. The highest BCUT2D eigenvalue weighted by atomic mass is 35.5. The summed E-state index contributed by atoms with van der Waals surface area (Å²) in [6.45, 7) is 2.36. The first kappa shape index (κ1) is 23.0. The highest BCUT2D eigenvalue weighted by Gasteiger charge is 2.12. The molecule has 4 aromatic rings. The minimum Gasteiger partial charge on any atom is -0.497 e. The molecule has 1 amide bonds. The summed E-state index contributed by atoms with van der Waals surface area (Å²) < 4.78 is 6.87. The minimum atomic E-state index is -0.299. The molecule has 9 heteroatoms. The molecule has 1 N–H and O–H groups in total. The smallest absolute Gasteiger partial charge is 0.250 e. The van der Waals surface area contributed by atoms with Crippen molar-refractivity contribution in [2.75, 3.05) is 12.4 Å². The van der Waals surface area contributed by atoms with Crippen LogP contribution in [-0.4, -0.2) is 27.8 Å². The molecule has 33 heavy (non-hydrogen) atoms. The lowest BCUT2D eigenvalue weighted by Gasteiger charge is -2.03. The van der Waals surface area contributed by atoms with Gasteiger partial charge in [-0.05, 0) is 55.0 Å². The van der Waals surface area contributed by atoms with Crippen LogP contribution in [0.4, 0.5) is 5.13 Å². The van der Waals surface area contributed by atoms with Gasteiger partial charge in [0.1, 0.15) is 10.9 Å². The van der Waals surface area contributed by atoms with Gasteiger partial charge >= 0.3 is 0 Å². The SMILES string of the molecule is COc1ccc(-c2csc(NC(=O)/C=C/c3c(C)nn(Cc4ccc(Cl)cc4)c3Cl)n2)cc1. The second-order valence-corrected chi connectivity index (χ2v) is 8.82. The van der Waals surface area contributed by atoms with E-state index in [1.807, 2.05) is 60.8 Å². The molecule has 2 aromatic carbocycles. The Balaban J connectivity index is 1.42. The monoisotopic (exact) mass is 498 g/mol. The maximum atomic E-state index is 12.4. The van der Waals surface area contributed by atoms with E-state index in [2.05, 4.69) is 15.4 Å². The number of thiazole rings is 1. The van der Waals surface area contributed by atoms with Crippen LogP contribution in [0.15, 0.2) is 60.0 Å². The van der Waals surface area contributed by atoms with Crippen LogP contribution < -0.4 is 10.1 Å². The molecule has 0 aliphatic heterocycles. The summed E-state index contributed by atoms with van der Waals surface area (Å²) in [7, 11) is 1.62. The summed E-state index contributed by atoms with van der Waals surface area (Å²) >= 11 is 13.8. The van der Waals surface area contributed by atoms with Gasteiger partial charge in [0.15, 0.2) is 5.13 Å². The van der Waals surface area contributed by atoms with E-state index in [9.17, 15) is 4.79 Å². The number of hydrogen-bond donors (Lipinski definition) is 1. The number of aromatic nitrogens is 3. The van der Waals surface area contributed by atoms with Crippen LogP contribution in [0.25, 0.3) is 17.3 Å². The molecule has 168 valence electrons. The lowest BCUT2D eigenvalue weighted by atomic mass is 10.2. The Kier molecular flexibility index (Phi) is 7.13. The van der Waals surface area contributed by atoms with Crippen molar-refractivity contribution in [1.29, 1.82) is 0 Å². The number of anilines is 1. The number of nitrogens with zero attached hydrogens (tertiary/aromatic N) is 3. The van der Waals surface area contributed by atoms with Crippen molar-refractivity contribution < 1.29 is 9.53 Å². The molecular formula is C24H20Cl2N4O2S. The van der Waals surface area contributed by atoms with Gasteiger partial charge in [-0.3, -0.25) is 10.1 Å². The number of ether oxygens (including phenoxy) is 1. The van der Waals surface area contributed by atoms with E-state index in [4.69, 9.17) is 27.9 Å². The first-order chi connectivity index (χ1) is 15.9. The molecule has 0 spiro atoms. The number of carbonyl (C=O) groups excluding carboxylic acids is 1. The van der Waals surface area contributed by atoms with Gasteiger partial charge in [0.2, 0.25) is 5.91 Å². The van der Waals surface area contributed by atoms with Crippen molar-refractivity contribution in [2.24, 2.45) is 0 Å².